The van der Waals surface area contributed by atoms with Gasteiger partial charge in [0.05, 0.1) is 0 Å². The number of carbonyl (C=O) groups is 1. The third-order valence-corrected chi connectivity index (χ3v) is 4.58. The lowest BCUT2D eigenvalue weighted by molar-refractivity contribution is -0.116. The number of carbonyl (C=O) groups excluding carboxylic acids is 1. The van der Waals surface area contributed by atoms with Crippen LogP contribution in [0.4, 0.5) is 10.1 Å². The number of benzene rings is 2. The van der Waals surface area contributed by atoms with Gasteiger partial charge in [0.25, 0.3) is 0 Å². The first-order chi connectivity index (χ1) is 11.1. The fourth-order valence-corrected chi connectivity index (χ4v) is 3.44. The molecule has 2 aromatic rings. The normalized spacial score (nSPS) is 19.0. The fourth-order valence-electron chi connectivity index (χ4n) is 3.06. The molecule has 4 nitrogen and oxygen atoms in total. The monoisotopic (exact) mass is 377 g/mol. The number of hydrogen-bond acceptors (Lipinski definition) is 3. The zero-order chi connectivity index (χ0) is 16.0. The van der Waals surface area contributed by atoms with Gasteiger partial charge in [-0.3, -0.25) is 4.79 Å². The molecule has 2 aromatic carbocycles. The van der Waals surface area contributed by atoms with Crippen LogP contribution >= 0.6 is 15.9 Å². The molecule has 0 unspecified atom stereocenters. The van der Waals surface area contributed by atoms with Gasteiger partial charge < -0.3 is 14.8 Å². The predicted octanol–water partition coefficient (Wildman–Crippen LogP) is 3.83. The van der Waals surface area contributed by atoms with E-state index in [1.165, 1.54) is 6.07 Å². The molecule has 2 aliphatic rings. The van der Waals surface area contributed by atoms with Crippen LogP contribution < -0.4 is 14.8 Å². The maximum absolute atomic E-state index is 14.3. The van der Waals surface area contributed by atoms with E-state index in [4.69, 9.17) is 9.47 Å². The molecule has 1 amide bonds. The van der Waals surface area contributed by atoms with Gasteiger partial charge in [0, 0.05) is 28.6 Å². The Labute approximate surface area is 140 Å². The number of halogens is 2. The first-order valence-electron chi connectivity index (χ1n) is 7.30. The highest BCUT2D eigenvalue weighted by Gasteiger charge is 2.31. The Kier molecular flexibility index (Phi) is 3.49. The summed E-state index contributed by atoms with van der Waals surface area (Å²) in [5, 5.41) is 2.84. The topological polar surface area (TPSA) is 47.6 Å². The van der Waals surface area contributed by atoms with E-state index in [1.807, 2.05) is 6.07 Å². The van der Waals surface area contributed by atoms with Gasteiger partial charge in [-0.05, 0) is 35.4 Å². The average Bonchev–Trinajstić information content (AvgIpc) is 2.54. The summed E-state index contributed by atoms with van der Waals surface area (Å²) < 4.78 is 26.2. The molecule has 0 bridgehead atoms. The van der Waals surface area contributed by atoms with E-state index in [2.05, 4.69) is 21.2 Å². The molecule has 0 fully saturated rings. The van der Waals surface area contributed by atoms with Crippen LogP contribution in [0.1, 0.15) is 23.5 Å². The first-order valence-corrected chi connectivity index (χ1v) is 8.09. The van der Waals surface area contributed by atoms with E-state index in [0.717, 1.165) is 10.0 Å². The number of fused-ring (bicyclic) bond motifs is 2. The third kappa shape index (κ3) is 2.57. The molecule has 0 aliphatic carbocycles. The zero-order valence-corrected chi connectivity index (χ0v) is 13.7. The maximum Gasteiger partial charge on any atom is 0.225 e. The molecule has 0 saturated heterocycles. The zero-order valence-electron chi connectivity index (χ0n) is 12.1. The molecule has 1 N–H and O–H groups in total. The second kappa shape index (κ2) is 5.53. The minimum Gasteiger partial charge on any atom is -0.486 e. The second-order valence-corrected chi connectivity index (χ2v) is 6.47. The number of hydrogen-bond donors (Lipinski definition) is 1. The predicted molar refractivity (Wildman–Crippen MR) is 86.6 cm³/mol. The molecule has 2 heterocycles. The van der Waals surface area contributed by atoms with Crippen molar-refractivity contribution in [2.45, 2.75) is 12.3 Å². The summed E-state index contributed by atoms with van der Waals surface area (Å²) in [5.41, 5.74) is 1.98. The highest BCUT2D eigenvalue weighted by atomic mass is 79.9. The van der Waals surface area contributed by atoms with Crippen molar-refractivity contribution in [3.8, 4) is 11.5 Å². The van der Waals surface area contributed by atoms with Crippen LogP contribution in [0.3, 0.4) is 0 Å². The summed E-state index contributed by atoms with van der Waals surface area (Å²) in [6, 6.07) is 8.37. The molecule has 0 spiro atoms. The minimum atomic E-state index is -0.355. The maximum atomic E-state index is 14.3. The van der Waals surface area contributed by atoms with Crippen LogP contribution in [-0.4, -0.2) is 19.1 Å². The van der Waals surface area contributed by atoms with Crippen molar-refractivity contribution in [1.82, 2.24) is 0 Å². The summed E-state index contributed by atoms with van der Waals surface area (Å²) in [6.45, 7) is 0.956. The standard InChI is InChI=1S/C17H13BrFNO3/c18-9-1-2-13(19)11(5-9)10-7-17(21)20-14-8-16-15(6-12(10)14)22-3-4-23-16/h1-2,5-6,8,10H,3-4,7H2,(H,20,21)/t10-/m1/s1. The van der Waals surface area contributed by atoms with Gasteiger partial charge >= 0.3 is 0 Å². The lowest BCUT2D eigenvalue weighted by Crippen LogP contribution is -2.25. The Hall–Kier alpha value is -2.08. The van der Waals surface area contributed by atoms with E-state index in [-0.39, 0.29) is 24.1 Å². The van der Waals surface area contributed by atoms with E-state index in [1.54, 1.807) is 18.2 Å². The van der Waals surface area contributed by atoms with Crippen LogP contribution in [0.5, 0.6) is 11.5 Å². The number of rotatable bonds is 1. The summed E-state index contributed by atoms with van der Waals surface area (Å²) in [6.07, 6.45) is 0.194. The van der Waals surface area contributed by atoms with Gasteiger partial charge in [0.2, 0.25) is 5.91 Å². The smallest absolute Gasteiger partial charge is 0.225 e. The molecule has 2 aliphatic heterocycles. The van der Waals surface area contributed by atoms with Gasteiger partial charge in [0.1, 0.15) is 19.0 Å². The van der Waals surface area contributed by atoms with Crippen molar-refractivity contribution in [1.29, 1.82) is 0 Å². The summed E-state index contributed by atoms with van der Waals surface area (Å²) in [7, 11) is 0. The van der Waals surface area contributed by atoms with Crippen LogP contribution in [0.15, 0.2) is 34.8 Å². The molecule has 1 atom stereocenters. The van der Waals surface area contributed by atoms with Gasteiger partial charge in [-0.15, -0.1) is 0 Å². The minimum absolute atomic E-state index is 0.140. The van der Waals surface area contributed by atoms with Crippen LogP contribution in [0.25, 0.3) is 0 Å². The van der Waals surface area contributed by atoms with Gasteiger partial charge in [-0.25, -0.2) is 4.39 Å². The van der Waals surface area contributed by atoms with Crippen molar-refractivity contribution in [3.05, 3.63) is 51.7 Å². The van der Waals surface area contributed by atoms with Gasteiger partial charge in [-0.1, -0.05) is 15.9 Å². The number of nitrogens with one attached hydrogen (secondary N) is 1. The Morgan fingerprint density at radius 3 is 2.61 bits per heavy atom. The lowest BCUT2D eigenvalue weighted by atomic mass is 9.84. The van der Waals surface area contributed by atoms with E-state index in [0.29, 0.717) is 36.0 Å². The van der Waals surface area contributed by atoms with Crippen LogP contribution in [-0.2, 0) is 4.79 Å². The first kappa shape index (κ1) is 14.5. The van der Waals surface area contributed by atoms with E-state index in [9.17, 15) is 9.18 Å². The Balaban J connectivity index is 1.87. The second-order valence-electron chi connectivity index (χ2n) is 5.55. The molecule has 118 valence electrons. The number of anilines is 1. The van der Waals surface area contributed by atoms with Gasteiger partial charge in [-0.2, -0.15) is 0 Å². The number of ether oxygens (including phenoxy) is 2. The molecule has 0 aromatic heterocycles. The summed E-state index contributed by atoms with van der Waals surface area (Å²) in [4.78, 5) is 12.1. The summed E-state index contributed by atoms with van der Waals surface area (Å²) in [5.74, 6) is 0.414. The molecule has 0 radical (unpaired) electrons. The summed E-state index contributed by atoms with van der Waals surface area (Å²) >= 11 is 3.37. The van der Waals surface area contributed by atoms with Crippen molar-refractivity contribution in [2.24, 2.45) is 0 Å². The largest absolute Gasteiger partial charge is 0.486 e. The Morgan fingerprint density at radius 2 is 1.83 bits per heavy atom. The fraction of sp³-hybridized carbons (Fsp3) is 0.235. The van der Waals surface area contributed by atoms with Crippen LogP contribution in [0.2, 0.25) is 0 Å². The molecular weight excluding hydrogens is 365 g/mol. The van der Waals surface area contributed by atoms with Crippen molar-refractivity contribution >= 4 is 27.5 Å². The van der Waals surface area contributed by atoms with Crippen molar-refractivity contribution < 1.29 is 18.7 Å². The Morgan fingerprint density at radius 1 is 1.09 bits per heavy atom. The van der Waals surface area contributed by atoms with Crippen LogP contribution in [0, 0.1) is 5.82 Å². The molecule has 6 heteroatoms. The number of amides is 1. The molecule has 23 heavy (non-hydrogen) atoms. The van der Waals surface area contributed by atoms with E-state index >= 15 is 0 Å². The molecule has 4 rings (SSSR count). The highest BCUT2D eigenvalue weighted by molar-refractivity contribution is 9.10. The Bertz CT molecular complexity index is 809. The highest BCUT2D eigenvalue weighted by Crippen LogP contribution is 2.44. The quantitative estimate of drug-likeness (QED) is 0.821. The average molecular weight is 378 g/mol. The third-order valence-electron chi connectivity index (χ3n) is 4.09. The van der Waals surface area contributed by atoms with Gasteiger partial charge in [0.15, 0.2) is 11.5 Å². The SMILES string of the molecule is O=C1C[C@H](c2cc(Br)ccc2F)c2cc3c(cc2N1)OCCO3. The lowest BCUT2D eigenvalue weighted by Gasteiger charge is -2.29. The van der Waals surface area contributed by atoms with Crippen molar-refractivity contribution in [3.63, 3.8) is 0 Å². The van der Waals surface area contributed by atoms with Crippen molar-refractivity contribution in [2.75, 3.05) is 18.5 Å². The molecular formula is C17H13BrFNO3. The van der Waals surface area contributed by atoms with E-state index < -0.39 is 0 Å². The molecule has 0 saturated carbocycles.